The maximum absolute atomic E-state index is 12.4. The van der Waals surface area contributed by atoms with Crippen LogP contribution in [0.2, 0.25) is 5.02 Å². The summed E-state index contributed by atoms with van der Waals surface area (Å²) in [5.41, 5.74) is 7.96. The second-order valence-corrected chi connectivity index (χ2v) is 7.19. The standard InChI is InChI=1S/C21H26ClN3O2/c22-19-5-1-18(2-6-19)15-24-11-13-25(14-12-24)21(26)16-27-20-7-3-17(4-8-20)9-10-23/h1-8H,9-16,23H2. The first-order valence-electron chi connectivity index (χ1n) is 9.30. The molecule has 0 saturated carbocycles. The second kappa shape index (κ2) is 9.74. The van der Waals surface area contributed by atoms with Crippen LogP contribution in [0.5, 0.6) is 5.75 Å². The van der Waals surface area contributed by atoms with Crippen molar-refractivity contribution < 1.29 is 9.53 Å². The molecule has 1 aliphatic rings. The van der Waals surface area contributed by atoms with Crippen LogP contribution < -0.4 is 10.5 Å². The summed E-state index contributed by atoms with van der Waals surface area (Å²) in [6.07, 6.45) is 0.847. The Balaban J connectivity index is 1.40. The Bertz CT molecular complexity index is 726. The highest BCUT2D eigenvalue weighted by Crippen LogP contribution is 2.14. The summed E-state index contributed by atoms with van der Waals surface area (Å²) in [7, 11) is 0. The number of hydrogen-bond acceptors (Lipinski definition) is 4. The van der Waals surface area contributed by atoms with E-state index in [2.05, 4.69) is 4.90 Å². The Labute approximate surface area is 165 Å². The Hall–Kier alpha value is -2.08. The minimum atomic E-state index is 0.0344. The fourth-order valence-electron chi connectivity index (χ4n) is 3.16. The van der Waals surface area contributed by atoms with Crippen LogP contribution in [-0.2, 0) is 17.8 Å². The van der Waals surface area contributed by atoms with Crippen LogP contribution in [0, 0.1) is 0 Å². The van der Waals surface area contributed by atoms with Gasteiger partial charge in [0.05, 0.1) is 0 Å². The predicted molar refractivity (Wildman–Crippen MR) is 108 cm³/mol. The van der Waals surface area contributed by atoms with Crippen LogP contribution >= 0.6 is 11.6 Å². The number of carbonyl (C=O) groups excluding carboxylic acids is 1. The van der Waals surface area contributed by atoms with Crippen molar-refractivity contribution in [2.24, 2.45) is 5.73 Å². The van der Waals surface area contributed by atoms with Crippen LogP contribution in [-0.4, -0.2) is 55.0 Å². The zero-order valence-corrected chi connectivity index (χ0v) is 16.2. The third-order valence-corrected chi connectivity index (χ3v) is 5.02. The number of halogens is 1. The van der Waals surface area contributed by atoms with Gasteiger partial charge in [0.1, 0.15) is 5.75 Å². The Morgan fingerprint density at radius 2 is 1.59 bits per heavy atom. The molecule has 6 heteroatoms. The van der Waals surface area contributed by atoms with Crippen LogP contribution in [0.3, 0.4) is 0 Å². The monoisotopic (exact) mass is 387 g/mol. The van der Waals surface area contributed by atoms with E-state index in [-0.39, 0.29) is 12.5 Å². The lowest BCUT2D eigenvalue weighted by atomic mass is 10.1. The van der Waals surface area contributed by atoms with Gasteiger partial charge >= 0.3 is 0 Å². The zero-order valence-electron chi connectivity index (χ0n) is 15.4. The lowest BCUT2D eigenvalue weighted by molar-refractivity contribution is -0.135. The molecule has 1 heterocycles. The van der Waals surface area contributed by atoms with Crippen molar-refractivity contribution in [1.29, 1.82) is 0 Å². The van der Waals surface area contributed by atoms with E-state index in [1.165, 1.54) is 11.1 Å². The molecule has 0 bridgehead atoms. The number of ether oxygens (including phenoxy) is 1. The van der Waals surface area contributed by atoms with Gasteiger partial charge in [0.15, 0.2) is 6.61 Å². The van der Waals surface area contributed by atoms with Gasteiger partial charge in [0.2, 0.25) is 0 Å². The van der Waals surface area contributed by atoms with Gasteiger partial charge in [0.25, 0.3) is 5.91 Å². The normalized spacial score (nSPS) is 15.0. The molecule has 2 aromatic rings. The number of rotatable bonds is 7. The topological polar surface area (TPSA) is 58.8 Å². The quantitative estimate of drug-likeness (QED) is 0.793. The number of hydrogen-bond donors (Lipinski definition) is 1. The summed E-state index contributed by atoms with van der Waals surface area (Å²) >= 11 is 5.93. The van der Waals surface area contributed by atoms with Gasteiger partial charge in [-0.25, -0.2) is 0 Å². The molecular weight excluding hydrogens is 362 g/mol. The first-order valence-corrected chi connectivity index (χ1v) is 9.68. The highest BCUT2D eigenvalue weighted by Gasteiger charge is 2.21. The van der Waals surface area contributed by atoms with Crippen molar-refractivity contribution in [2.45, 2.75) is 13.0 Å². The molecule has 2 aromatic carbocycles. The molecule has 0 spiro atoms. The molecule has 144 valence electrons. The predicted octanol–water partition coefficient (Wildman–Crippen LogP) is 2.56. The summed E-state index contributed by atoms with van der Waals surface area (Å²) in [6.45, 7) is 4.77. The molecule has 0 atom stereocenters. The Morgan fingerprint density at radius 1 is 0.963 bits per heavy atom. The van der Waals surface area contributed by atoms with Gasteiger partial charge in [-0.05, 0) is 48.4 Å². The smallest absolute Gasteiger partial charge is 0.260 e. The molecule has 0 unspecified atom stereocenters. The highest BCUT2D eigenvalue weighted by atomic mass is 35.5. The number of benzene rings is 2. The molecule has 27 heavy (non-hydrogen) atoms. The van der Waals surface area contributed by atoms with Gasteiger partial charge in [0, 0.05) is 37.7 Å². The molecule has 5 nitrogen and oxygen atoms in total. The first kappa shape index (κ1) is 19.7. The number of amides is 1. The van der Waals surface area contributed by atoms with Crippen LogP contribution in [0.1, 0.15) is 11.1 Å². The number of nitrogens with zero attached hydrogens (tertiary/aromatic N) is 2. The Kier molecular flexibility index (Phi) is 7.10. The van der Waals surface area contributed by atoms with Crippen molar-refractivity contribution in [2.75, 3.05) is 39.3 Å². The van der Waals surface area contributed by atoms with Crippen LogP contribution in [0.4, 0.5) is 0 Å². The van der Waals surface area contributed by atoms with Gasteiger partial charge in [-0.2, -0.15) is 0 Å². The fraction of sp³-hybridized carbons (Fsp3) is 0.381. The highest BCUT2D eigenvalue weighted by molar-refractivity contribution is 6.30. The molecule has 2 N–H and O–H groups in total. The molecule has 0 aliphatic carbocycles. The Morgan fingerprint density at radius 3 is 2.22 bits per heavy atom. The fourth-order valence-corrected chi connectivity index (χ4v) is 3.28. The summed E-state index contributed by atoms with van der Waals surface area (Å²) in [5, 5.41) is 0.753. The van der Waals surface area contributed by atoms with Crippen molar-refractivity contribution in [3.05, 3.63) is 64.7 Å². The lowest BCUT2D eigenvalue weighted by Crippen LogP contribution is -2.49. The molecule has 0 aromatic heterocycles. The number of nitrogens with two attached hydrogens (primary N) is 1. The SMILES string of the molecule is NCCc1ccc(OCC(=O)N2CCN(Cc3ccc(Cl)cc3)CC2)cc1. The maximum atomic E-state index is 12.4. The zero-order chi connectivity index (χ0) is 19.1. The molecular formula is C21H26ClN3O2. The largest absolute Gasteiger partial charge is 0.484 e. The first-order chi connectivity index (χ1) is 13.1. The average Bonchev–Trinajstić information content (AvgIpc) is 2.70. The molecule has 1 fully saturated rings. The van der Waals surface area contributed by atoms with E-state index in [9.17, 15) is 4.79 Å². The third kappa shape index (κ3) is 5.96. The van der Waals surface area contributed by atoms with Crippen LogP contribution in [0.15, 0.2) is 48.5 Å². The van der Waals surface area contributed by atoms with Crippen molar-refractivity contribution >= 4 is 17.5 Å². The lowest BCUT2D eigenvalue weighted by Gasteiger charge is -2.34. The summed E-state index contributed by atoms with van der Waals surface area (Å²) in [6, 6.07) is 15.7. The van der Waals surface area contributed by atoms with Gasteiger partial charge in [-0.15, -0.1) is 0 Å². The third-order valence-electron chi connectivity index (χ3n) is 4.76. The van der Waals surface area contributed by atoms with E-state index in [1.54, 1.807) is 0 Å². The summed E-state index contributed by atoms with van der Waals surface area (Å²) < 4.78 is 5.64. The van der Waals surface area contributed by atoms with Crippen molar-refractivity contribution in [3.63, 3.8) is 0 Å². The van der Waals surface area contributed by atoms with E-state index < -0.39 is 0 Å². The second-order valence-electron chi connectivity index (χ2n) is 6.75. The average molecular weight is 388 g/mol. The number of piperazine rings is 1. The van der Waals surface area contributed by atoms with Gasteiger partial charge in [-0.3, -0.25) is 9.69 Å². The molecule has 0 radical (unpaired) electrons. The van der Waals surface area contributed by atoms with E-state index in [4.69, 9.17) is 22.1 Å². The van der Waals surface area contributed by atoms with E-state index in [0.29, 0.717) is 12.3 Å². The van der Waals surface area contributed by atoms with Gasteiger partial charge < -0.3 is 15.4 Å². The minimum absolute atomic E-state index is 0.0344. The van der Waals surface area contributed by atoms with E-state index in [1.807, 2.05) is 53.4 Å². The van der Waals surface area contributed by atoms with E-state index >= 15 is 0 Å². The number of carbonyl (C=O) groups is 1. The minimum Gasteiger partial charge on any atom is -0.484 e. The molecule has 3 rings (SSSR count). The van der Waals surface area contributed by atoms with Crippen LogP contribution in [0.25, 0.3) is 0 Å². The molecule has 1 aliphatic heterocycles. The van der Waals surface area contributed by atoms with E-state index in [0.717, 1.165) is 44.2 Å². The summed E-state index contributed by atoms with van der Waals surface area (Å²) in [5.74, 6) is 0.748. The van der Waals surface area contributed by atoms with Crippen molar-refractivity contribution in [1.82, 2.24) is 9.80 Å². The van der Waals surface area contributed by atoms with Crippen molar-refractivity contribution in [3.8, 4) is 5.75 Å². The molecule has 1 saturated heterocycles. The maximum Gasteiger partial charge on any atom is 0.260 e. The summed E-state index contributed by atoms with van der Waals surface area (Å²) in [4.78, 5) is 16.6. The van der Waals surface area contributed by atoms with Gasteiger partial charge in [-0.1, -0.05) is 35.9 Å². The molecule has 1 amide bonds.